The number of nitrogens with zero attached hydrogens (tertiary/aromatic N) is 5. The summed E-state index contributed by atoms with van der Waals surface area (Å²) in [4.78, 5) is 17.7. The Kier molecular flexibility index (Phi) is 4.94. The van der Waals surface area contributed by atoms with Crippen molar-refractivity contribution >= 4 is 11.9 Å². The van der Waals surface area contributed by atoms with Crippen LogP contribution < -0.4 is 15.0 Å². The molecule has 0 saturated carbocycles. The van der Waals surface area contributed by atoms with Gasteiger partial charge in [-0.15, -0.1) is 0 Å². The molecule has 7 heteroatoms. The Labute approximate surface area is 120 Å². The molecule has 1 fully saturated rings. The van der Waals surface area contributed by atoms with Gasteiger partial charge in [-0.1, -0.05) is 0 Å². The van der Waals surface area contributed by atoms with Crippen LogP contribution in [-0.2, 0) is 0 Å². The number of piperazine rings is 1. The van der Waals surface area contributed by atoms with Crippen molar-refractivity contribution in [3.8, 4) is 6.01 Å². The van der Waals surface area contributed by atoms with Gasteiger partial charge >= 0.3 is 6.01 Å². The lowest BCUT2D eigenvalue weighted by atomic mass is 10.2. The van der Waals surface area contributed by atoms with Gasteiger partial charge in [0.2, 0.25) is 11.9 Å². The van der Waals surface area contributed by atoms with Gasteiger partial charge in [0.1, 0.15) is 0 Å². The van der Waals surface area contributed by atoms with Gasteiger partial charge in [-0.25, -0.2) is 0 Å². The Hall–Kier alpha value is -1.63. The van der Waals surface area contributed by atoms with Crippen LogP contribution in [0.25, 0.3) is 0 Å². The van der Waals surface area contributed by atoms with E-state index < -0.39 is 0 Å². The molecule has 1 atom stereocenters. The van der Waals surface area contributed by atoms with Gasteiger partial charge in [0, 0.05) is 32.2 Å². The molecule has 7 nitrogen and oxygen atoms in total. The summed E-state index contributed by atoms with van der Waals surface area (Å²) < 4.78 is 5.44. The summed E-state index contributed by atoms with van der Waals surface area (Å²) in [6.07, 6.45) is 0. The van der Waals surface area contributed by atoms with Crippen molar-refractivity contribution in [1.82, 2.24) is 19.9 Å². The highest BCUT2D eigenvalue weighted by Crippen LogP contribution is 2.19. The molecule has 1 aliphatic rings. The molecule has 0 spiro atoms. The molecule has 0 aliphatic carbocycles. The van der Waals surface area contributed by atoms with Crippen LogP contribution in [0, 0.1) is 0 Å². The first-order chi connectivity index (χ1) is 9.63. The SMILES string of the molecule is CCNc1nc(OCC)nc(N2CCN(C)CC2C)n1. The summed E-state index contributed by atoms with van der Waals surface area (Å²) in [7, 11) is 2.14. The van der Waals surface area contributed by atoms with Crippen LogP contribution >= 0.6 is 0 Å². The molecular formula is C13H24N6O. The Morgan fingerprint density at radius 3 is 2.70 bits per heavy atom. The van der Waals surface area contributed by atoms with E-state index in [1.807, 2.05) is 13.8 Å². The van der Waals surface area contributed by atoms with Crippen molar-refractivity contribution in [3.63, 3.8) is 0 Å². The summed E-state index contributed by atoms with van der Waals surface area (Å²) in [6, 6.07) is 0.764. The fraction of sp³-hybridized carbons (Fsp3) is 0.769. The normalized spacial score (nSPS) is 20.0. The van der Waals surface area contributed by atoms with Crippen LogP contribution in [0.4, 0.5) is 11.9 Å². The summed E-state index contributed by atoms with van der Waals surface area (Å²) in [5.74, 6) is 1.27. The molecule has 0 bridgehead atoms. The number of anilines is 2. The van der Waals surface area contributed by atoms with Gasteiger partial charge in [-0.05, 0) is 27.8 Å². The van der Waals surface area contributed by atoms with E-state index in [4.69, 9.17) is 4.74 Å². The number of hydrogen-bond acceptors (Lipinski definition) is 7. The lowest BCUT2D eigenvalue weighted by Crippen LogP contribution is -2.51. The third kappa shape index (κ3) is 3.47. The molecule has 1 aliphatic heterocycles. The zero-order valence-corrected chi connectivity index (χ0v) is 12.8. The van der Waals surface area contributed by atoms with Crippen molar-refractivity contribution in [2.45, 2.75) is 26.8 Å². The van der Waals surface area contributed by atoms with Crippen LogP contribution in [-0.4, -0.2) is 65.7 Å². The molecule has 112 valence electrons. The van der Waals surface area contributed by atoms with Crippen LogP contribution in [0.2, 0.25) is 0 Å². The largest absolute Gasteiger partial charge is 0.464 e. The van der Waals surface area contributed by atoms with Crippen LogP contribution in [0.15, 0.2) is 0 Å². The number of ether oxygens (including phenoxy) is 1. The number of nitrogens with one attached hydrogen (secondary N) is 1. The number of aromatic nitrogens is 3. The second-order valence-corrected chi connectivity index (χ2v) is 5.01. The first-order valence-corrected chi connectivity index (χ1v) is 7.22. The first-order valence-electron chi connectivity index (χ1n) is 7.22. The predicted octanol–water partition coefficient (Wildman–Crippen LogP) is 0.842. The van der Waals surface area contributed by atoms with Crippen molar-refractivity contribution < 1.29 is 4.74 Å². The van der Waals surface area contributed by atoms with Crippen molar-refractivity contribution in [2.75, 3.05) is 50.1 Å². The van der Waals surface area contributed by atoms with Crippen LogP contribution in [0.3, 0.4) is 0 Å². The summed E-state index contributed by atoms with van der Waals surface area (Å²) >= 11 is 0. The topological polar surface area (TPSA) is 66.4 Å². The Morgan fingerprint density at radius 2 is 2.05 bits per heavy atom. The molecule has 1 N–H and O–H groups in total. The Balaban J connectivity index is 2.24. The second-order valence-electron chi connectivity index (χ2n) is 5.01. The maximum absolute atomic E-state index is 5.44. The molecule has 2 rings (SSSR count). The zero-order valence-electron chi connectivity index (χ0n) is 12.8. The first kappa shape index (κ1) is 14.8. The van der Waals surface area contributed by atoms with E-state index in [0.29, 0.717) is 30.6 Å². The highest BCUT2D eigenvalue weighted by molar-refractivity contribution is 5.40. The highest BCUT2D eigenvalue weighted by atomic mass is 16.5. The maximum Gasteiger partial charge on any atom is 0.323 e. The standard InChI is InChI=1S/C13H24N6O/c1-5-14-11-15-12(17-13(16-11)20-6-2)19-8-7-18(4)9-10(19)3/h10H,5-9H2,1-4H3,(H,14,15,16,17). The zero-order chi connectivity index (χ0) is 14.5. The predicted molar refractivity (Wildman–Crippen MR) is 79.5 cm³/mol. The van der Waals surface area contributed by atoms with Crippen LogP contribution in [0.5, 0.6) is 6.01 Å². The van der Waals surface area contributed by atoms with Crippen molar-refractivity contribution in [3.05, 3.63) is 0 Å². The Bertz CT molecular complexity index is 417. The number of rotatable bonds is 5. The van der Waals surface area contributed by atoms with Crippen molar-refractivity contribution in [2.24, 2.45) is 0 Å². The number of likely N-dealkylation sites (N-methyl/N-ethyl adjacent to an activating group) is 1. The molecule has 2 heterocycles. The van der Waals surface area contributed by atoms with Gasteiger partial charge in [0.15, 0.2) is 0 Å². The third-order valence-corrected chi connectivity index (χ3v) is 3.30. The highest BCUT2D eigenvalue weighted by Gasteiger charge is 2.24. The monoisotopic (exact) mass is 280 g/mol. The fourth-order valence-electron chi connectivity index (χ4n) is 2.34. The van der Waals surface area contributed by atoms with E-state index in [0.717, 1.165) is 26.2 Å². The molecule has 0 radical (unpaired) electrons. The maximum atomic E-state index is 5.44. The molecule has 20 heavy (non-hydrogen) atoms. The Morgan fingerprint density at radius 1 is 1.25 bits per heavy atom. The van der Waals surface area contributed by atoms with Gasteiger partial charge in [0.25, 0.3) is 0 Å². The van der Waals surface area contributed by atoms with Crippen molar-refractivity contribution in [1.29, 1.82) is 0 Å². The van der Waals surface area contributed by atoms with E-state index in [9.17, 15) is 0 Å². The van der Waals surface area contributed by atoms with E-state index in [1.165, 1.54) is 0 Å². The average molecular weight is 280 g/mol. The smallest absolute Gasteiger partial charge is 0.323 e. The lowest BCUT2D eigenvalue weighted by molar-refractivity contribution is 0.271. The van der Waals surface area contributed by atoms with Gasteiger partial charge in [-0.3, -0.25) is 0 Å². The third-order valence-electron chi connectivity index (χ3n) is 3.30. The molecule has 1 unspecified atom stereocenters. The minimum absolute atomic E-state index is 0.375. The van der Waals surface area contributed by atoms with Gasteiger partial charge in [-0.2, -0.15) is 15.0 Å². The quantitative estimate of drug-likeness (QED) is 0.857. The van der Waals surface area contributed by atoms with E-state index >= 15 is 0 Å². The minimum Gasteiger partial charge on any atom is -0.464 e. The number of hydrogen-bond donors (Lipinski definition) is 1. The minimum atomic E-state index is 0.375. The molecule has 0 aromatic carbocycles. The van der Waals surface area contributed by atoms with E-state index in [1.54, 1.807) is 0 Å². The molecule has 1 aromatic rings. The molecule has 0 amide bonds. The molecular weight excluding hydrogens is 256 g/mol. The summed E-state index contributed by atoms with van der Waals surface area (Å²) in [5, 5.41) is 3.13. The van der Waals surface area contributed by atoms with E-state index in [2.05, 4.69) is 44.0 Å². The molecule has 1 aromatic heterocycles. The lowest BCUT2D eigenvalue weighted by Gasteiger charge is -2.38. The van der Waals surface area contributed by atoms with Gasteiger partial charge in [0.05, 0.1) is 6.61 Å². The fourth-order valence-corrected chi connectivity index (χ4v) is 2.34. The van der Waals surface area contributed by atoms with E-state index in [-0.39, 0.29) is 0 Å². The summed E-state index contributed by atoms with van der Waals surface area (Å²) in [5.41, 5.74) is 0. The second kappa shape index (κ2) is 6.69. The van der Waals surface area contributed by atoms with Crippen LogP contribution in [0.1, 0.15) is 20.8 Å². The summed E-state index contributed by atoms with van der Waals surface area (Å²) in [6.45, 7) is 10.4. The van der Waals surface area contributed by atoms with Gasteiger partial charge < -0.3 is 19.9 Å². The molecule has 1 saturated heterocycles. The average Bonchev–Trinajstić information content (AvgIpc) is 2.39.